The molecule has 0 unspecified atom stereocenters. The van der Waals surface area contributed by atoms with E-state index in [9.17, 15) is 0 Å². The molecule has 0 amide bonds. The summed E-state index contributed by atoms with van der Waals surface area (Å²) >= 11 is 7.11. The van der Waals surface area contributed by atoms with Gasteiger partial charge in [-0.15, -0.1) is 0 Å². The molecule has 21 heavy (non-hydrogen) atoms. The molecule has 0 atom stereocenters. The molecule has 0 aliphatic carbocycles. The molecule has 108 valence electrons. The summed E-state index contributed by atoms with van der Waals surface area (Å²) in [7, 11) is 0. The van der Waals surface area contributed by atoms with Crippen LogP contribution in [0.15, 0.2) is 27.1 Å². The van der Waals surface area contributed by atoms with Crippen LogP contribution in [0.5, 0.6) is 0 Å². The fourth-order valence-electron chi connectivity index (χ4n) is 2.57. The minimum Gasteiger partial charge on any atom is -0.383 e. The number of benzene rings is 1. The third kappa shape index (κ3) is 2.26. The van der Waals surface area contributed by atoms with Crippen molar-refractivity contribution in [2.24, 2.45) is 0 Å². The van der Waals surface area contributed by atoms with E-state index >= 15 is 0 Å². The average Bonchev–Trinajstić information content (AvgIpc) is 2.63. The quantitative estimate of drug-likeness (QED) is 0.645. The molecule has 2 aromatic heterocycles. The topological polar surface area (TPSA) is 56.7 Å². The van der Waals surface area contributed by atoms with Crippen molar-refractivity contribution in [2.75, 3.05) is 5.73 Å². The van der Waals surface area contributed by atoms with Gasteiger partial charge in [0, 0.05) is 14.6 Å². The Balaban J connectivity index is 2.45. The highest BCUT2D eigenvalue weighted by molar-refractivity contribution is 9.11. The molecule has 0 fully saturated rings. The van der Waals surface area contributed by atoms with Crippen molar-refractivity contribution in [1.82, 2.24) is 14.5 Å². The predicted octanol–water partition coefficient (Wildman–Crippen LogP) is 4.45. The van der Waals surface area contributed by atoms with Gasteiger partial charge in [-0.1, -0.05) is 15.9 Å². The zero-order valence-corrected chi connectivity index (χ0v) is 15.1. The van der Waals surface area contributed by atoms with Gasteiger partial charge in [-0.25, -0.2) is 9.97 Å². The zero-order chi connectivity index (χ0) is 15.3. The largest absolute Gasteiger partial charge is 0.383 e. The van der Waals surface area contributed by atoms with Crippen LogP contribution in [0.3, 0.4) is 0 Å². The lowest BCUT2D eigenvalue weighted by atomic mass is 10.2. The molecule has 0 aliphatic rings. The fourth-order valence-corrected chi connectivity index (χ4v) is 3.79. The van der Waals surface area contributed by atoms with Crippen LogP contribution in [-0.4, -0.2) is 14.5 Å². The first-order valence-electron chi connectivity index (χ1n) is 6.47. The van der Waals surface area contributed by atoms with Crippen LogP contribution >= 0.6 is 31.9 Å². The summed E-state index contributed by atoms with van der Waals surface area (Å²) in [6.07, 6.45) is 0. The first-order valence-corrected chi connectivity index (χ1v) is 8.06. The number of rotatable bonds is 1. The summed E-state index contributed by atoms with van der Waals surface area (Å²) in [5.41, 5.74) is 10.2. The van der Waals surface area contributed by atoms with Gasteiger partial charge in [0.15, 0.2) is 5.65 Å². The number of nitrogens with zero attached hydrogens (tertiary/aromatic N) is 3. The van der Waals surface area contributed by atoms with Gasteiger partial charge in [-0.2, -0.15) is 0 Å². The molecule has 3 rings (SSSR count). The summed E-state index contributed by atoms with van der Waals surface area (Å²) in [5, 5.41) is 0.924. The lowest BCUT2D eigenvalue weighted by Gasteiger charge is -2.11. The Bertz CT molecular complexity index is 868. The molecule has 0 aliphatic heterocycles. The SMILES string of the molecule is Cc1nc(N)c2c(C)c(C)n(-c3ccc(Br)cc3Br)c2n1. The van der Waals surface area contributed by atoms with Crippen molar-refractivity contribution in [3.63, 3.8) is 0 Å². The number of hydrogen-bond acceptors (Lipinski definition) is 3. The predicted molar refractivity (Wildman–Crippen MR) is 92.9 cm³/mol. The summed E-state index contributed by atoms with van der Waals surface area (Å²) in [4.78, 5) is 8.88. The van der Waals surface area contributed by atoms with Crippen molar-refractivity contribution in [3.05, 3.63) is 44.2 Å². The summed E-state index contributed by atoms with van der Waals surface area (Å²) in [6, 6.07) is 6.08. The third-order valence-electron chi connectivity index (χ3n) is 3.65. The molecule has 1 aromatic carbocycles. The van der Waals surface area contributed by atoms with Gasteiger partial charge in [-0.05, 0) is 60.5 Å². The van der Waals surface area contributed by atoms with Crippen LogP contribution in [0, 0.1) is 20.8 Å². The lowest BCUT2D eigenvalue weighted by Crippen LogP contribution is -2.02. The summed E-state index contributed by atoms with van der Waals surface area (Å²) in [5.74, 6) is 1.21. The molecule has 4 nitrogen and oxygen atoms in total. The van der Waals surface area contributed by atoms with Gasteiger partial charge in [0.25, 0.3) is 0 Å². The first-order chi connectivity index (χ1) is 9.90. The lowest BCUT2D eigenvalue weighted by molar-refractivity contribution is 0.990. The second-order valence-corrected chi connectivity index (χ2v) is 6.77. The Kier molecular flexibility index (Phi) is 3.53. The van der Waals surface area contributed by atoms with Crippen LogP contribution in [0.1, 0.15) is 17.1 Å². The maximum absolute atomic E-state index is 6.10. The van der Waals surface area contributed by atoms with E-state index in [1.807, 2.05) is 25.1 Å². The Morgan fingerprint density at radius 1 is 1.10 bits per heavy atom. The van der Waals surface area contributed by atoms with E-state index in [4.69, 9.17) is 5.73 Å². The van der Waals surface area contributed by atoms with Gasteiger partial charge >= 0.3 is 0 Å². The number of halogens is 2. The van der Waals surface area contributed by atoms with E-state index in [0.717, 1.165) is 36.9 Å². The Hall–Kier alpha value is -1.40. The van der Waals surface area contributed by atoms with Gasteiger partial charge in [-0.3, -0.25) is 4.57 Å². The summed E-state index contributed by atoms with van der Waals surface area (Å²) in [6.45, 7) is 5.98. The van der Waals surface area contributed by atoms with Crippen molar-refractivity contribution >= 4 is 48.7 Å². The Morgan fingerprint density at radius 2 is 1.81 bits per heavy atom. The van der Waals surface area contributed by atoms with E-state index in [-0.39, 0.29) is 0 Å². The van der Waals surface area contributed by atoms with Crippen molar-refractivity contribution in [1.29, 1.82) is 0 Å². The monoisotopic (exact) mass is 408 g/mol. The molecular formula is C15H14Br2N4. The van der Waals surface area contributed by atoms with Gasteiger partial charge in [0.05, 0.1) is 11.1 Å². The molecule has 6 heteroatoms. The second-order valence-electron chi connectivity index (χ2n) is 5.00. The molecule has 3 aromatic rings. The number of aryl methyl sites for hydroxylation is 2. The van der Waals surface area contributed by atoms with Crippen LogP contribution in [-0.2, 0) is 0 Å². The standard InChI is InChI=1S/C15H14Br2N4/c1-7-8(2)21(12-5-4-10(16)6-11(12)17)15-13(7)14(18)19-9(3)20-15/h4-6H,1-3H3,(H2,18,19,20). The number of hydrogen-bond donors (Lipinski definition) is 1. The van der Waals surface area contributed by atoms with Gasteiger partial charge < -0.3 is 5.73 Å². The second kappa shape index (κ2) is 5.10. The minimum absolute atomic E-state index is 0.532. The maximum atomic E-state index is 6.10. The maximum Gasteiger partial charge on any atom is 0.150 e. The number of nitrogens with two attached hydrogens (primary N) is 1. The molecule has 2 heterocycles. The van der Waals surface area contributed by atoms with Crippen molar-refractivity contribution in [2.45, 2.75) is 20.8 Å². The Morgan fingerprint density at radius 3 is 2.48 bits per heavy atom. The van der Waals surface area contributed by atoms with E-state index in [2.05, 4.69) is 60.2 Å². The van der Waals surface area contributed by atoms with Crippen LogP contribution < -0.4 is 5.73 Å². The molecule has 0 radical (unpaired) electrons. The molecule has 0 saturated heterocycles. The van der Waals surface area contributed by atoms with E-state index in [0.29, 0.717) is 11.6 Å². The number of nitrogen functional groups attached to an aromatic ring is 1. The van der Waals surface area contributed by atoms with Crippen LogP contribution in [0.4, 0.5) is 5.82 Å². The highest BCUT2D eigenvalue weighted by Crippen LogP contribution is 2.34. The number of fused-ring (bicyclic) bond motifs is 1. The fraction of sp³-hybridized carbons (Fsp3) is 0.200. The third-order valence-corrected chi connectivity index (χ3v) is 4.77. The number of aromatic nitrogens is 3. The van der Waals surface area contributed by atoms with E-state index < -0.39 is 0 Å². The molecule has 2 N–H and O–H groups in total. The highest BCUT2D eigenvalue weighted by Gasteiger charge is 2.18. The number of anilines is 1. The first kappa shape index (κ1) is 14.5. The molecule has 0 bridgehead atoms. The van der Waals surface area contributed by atoms with Crippen molar-refractivity contribution in [3.8, 4) is 5.69 Å². The Labute approximate surface area is 139 Å². The highest BCUT2D eigenvalue weighted by atomic mass is 79.9. The molecule has 0 saturated carbocycles. The zero-order valence-electron chi connectivity index (χ0n) is 11.9. The van der Waals surface area contributed by atoms with Gasteiger partial charge in [0.1, 0.15) is 11.6 Å². The molecule has 0 spiro atoms. The summed E-state index contributed by atoms with van der Waals surface area (Å²) < 4.78 is 4.13. The van der Waals surface area contributed by atoms with E-state index in [1.165, 1.54) is 0 Å². The smallest absolute Gasteiger partial charge is 0.150 e. The minimum atomic E-state index is 0.532. The normalized spacial score (nSPS) is 11.3. The van der Waals surface area contributed by atoms with Gasteiger partial charge in [0.2, 0.25) is 0 Å². The average molecular weight is 410 g/mol. The van der Waals surface area contributed by atoms with Crippen molar-refractivity contribution < 1.29 is 0 Å². The van der Waals surface area contributed by atoms with Crippen LogP contribution in [0.2, 0.25) is 0 Å². The van der Waals surface area contributed by atoms with E-state index in [1.54, 1.807) is 0 Å². The molecular weight excluding hydrogens is 396 g/mol. The van der Waals surface area contributed by atoms with Crippen LogP contribution in [0.25, 0.3) is 16.7 Å².